The maximum atomic E-state index is 13.0. The van der Waals surface area contributed by atoms with Crippen molar-refractivity contribution in [1.82, 2.24) is 0 Å². The van der Waals surface area contributed by atoms with Crippen molar-refractivity contribution in [3.63, 3.8) is 0 Å². The monoisotopic (exact) mass is 432 g/mol. The maximum absolute atomic E-state index is 13.0. The van der Waals surface area contributed by atoms with Gasteiger partial charge in [0.15, 0.2) is 0 Å². The van der Waals surface area contributed by atoms with Crippen molar-refractivity contribution in [2.45, 2.75) is 23.3 Å². The number of ether oxygens (including phenoxy) is 1. The molecule has 0 saturated carbocycles. The van der Waals surface area contributed by atoms with Crippen LogP contribution in [0.15, 0.2) is 89.8 Å². The van der Waals surface area contributed by atoms with E-state index >= 15 is 0 Å². The zero-order chi connectivity index (χ0) is 21.4. The number of fused-ring (bicyclic) bond motifs is 3. The van der Waals surface area contributed by atoms with Crippen LogP contribution in [0, 0.1) is 5.92 Å². The third-order valence-corrected chi connectivity index (χ3v) is 7.52. The van der Waals surface area contributed by atoms with Gasteiger partial charge in [0.2, 0.25) is 0 Å². The molecule has 1 heterocycles. The van der Waals surface area contributed by atoms with Crippen LogP contribution in [0.4, 0.5) is 11.4 Å². The van der Waals surface area contributed by atoms with E-state index in [0.29, 0.717) is 11.6 Å². The van der Waals surface area contributed by atoms with Crippen LogP contribution >= 0.6 is 0 Å². The quantitative estimate of drug-likeness (QED) is 0.535. The minimum Gasteiger partial charge on any atom is -0.497 e. The molecule has 31 heavy (non-hydrogen) atoms. The van der Waals surface area contributed by atoms with E-state index in [1.807, 2.05) is 42.5 Å². The molecule has 2 unspecified atom stereocenters. The Morgan fingerprint density at radius 1 is 1.00 bits per heavy atom. The summed E-state index contributed by atoms with van der Waals surface area (Å²) in [5, 5.41) is 3.65. The van der Waals surface area contributed by atoms with Gasteiger partial charge in [-0.1, -0.05) is 42.5 Å². The number of rotatable bonds is 5. The van der Waals surface area contributed by atoms with E-state index in [9.17, 15) is 8.42 Å². The van der Waals surface area contributed by atoms with Crippen LogP contribution in [0.5, 0.6) is 5.75 Å². The van der Waals surface area contributed by atoms with E-state index in [4.69, 9.17) is 4.74 Å². The molecule has 5 nitrogen and oxygen atoms in total. The number of anilines is 2. The van der Waals surface area contributed by atoms with Crippen LogP contribution in [0.25, 0.3) is 0 Å². The van der Waals surface area contributed by atoms with Crippen LogP contribution < -0.4 is 14.8 Å². The van der Waals surface area contributed by atoms with Crippen molar-refractivity contribution in [2.24, 2.45) is 5.92 Å². The Kier molecular flexibility index (Phi) is 4.94. The van der Waals surface area contributed by atoms with Crippen molar-refractivity contribution in [3.05, 3.63) is 96.1 Å². The fraction of sp³-hybridized carbons (Fsp3) is 0.200. The Hall–Kier alpha value is -3.25. The third kappa shape index (κ3) is 3.68. The molecule has 0 fully saturated rings. The minimum atomic E-state index is -3.66. The van der Waals surface area contributed by atoms with E-state index in [1.165, 1.54) is 5.56 Å². The van der Waals surface area contributed by atoms with Crippen molar-refractivity contribution in [1.29, 1.82) is 0 Å². The van der Waals surface area contributed by atoms with Gasteiger partial charge in [-0.15, -0.1) is 0 Å². The van der Waals surface area contributed by atoms with Gasteiger partial charge in [-0.05, 0) is 65.9 Å². The Labute approximate surface area is 182 Å². The topological polar surface area (TPSA) is 67.4 Å². The summed E-state index contributed by atoms with van der Waals surface area (Å²) < 4.78 is 33.9. The Balaban J connectivity index is 1.48. The summed E-state index contributed by atoms with van der Waals surface area (Å²) in [5.41, 5.74) is 3.76. The fourth-order valence-electron chi connectivity index (χ4n) is 4.60. The Morgan fingerprint density at radius 2 is 1.77 bits per heavy atom. The highest BCUT2D eigenvalue weighted by atomic mass is 32.2. The first-order valence-corrected chi connectivity index (χ1v) is 11.8. The van der Waals surface area contributed by atoms with Crippen LogP contribution in [-0.2, 0) is 10.0 Å². The van der Waals surface area contributed by atoms with Gasteiger partial charge < -0.3 is 10.1 Å². The van der Waals surface area contributed by atoms with Gasteiger partial charge in [-0.25, -0.2) is 8.42 Å². The molecular formula is C25H24N2O3S. The van der Waals surface area contributed by atoms with Gasteiger partial charge in [-0.2, -0.15) is 0 Å². The molecule has 0 saturated heterocycles. The predicted octanol–water partition coefficient (Wildman–Crippen LogP) is 5.32. The molecule has 6 heteroatoms. The number of benzene rings is 3. The molecule has 2 aliphatic rings. The third-order valence-electron chi connectivity index (χ3n) is 6.15. The van der Waals surface area contributed by atoms with Crippen molar-refractivity contribution >= 4 is 21.4 Å². The number of hydrogen-bond donors (Lipinski definition) is 2. The molecule has 1 aliphatic carbocycles. The Bertz CT molecular complexity index is 1220. The van der Waals surface area contributed by atoms with Crippen LogP contribution in [-0.4, -0.2) is 15.5 Å². The average Bonchev–Trinajstić information content (AvgIpc) is 3.29. The predicted molar refractivity (Wildman–Crippen MR) is 123 cm³/mol. The molecule has 158 valence electrons. The van der Waals surface area contributed by atoms with E-state index < -0.39 is 10.0 Å². The SMILES string of the molecule is COc1ccc([C@H]2Nc3ccc(S(=O)(=O)Nc4ccccc4)cc3C3C=CCC32)cc1. The van der Waals surface area contributed by atoms with E-state index in [1.54, 1.807) is 25.3 Å². The summed E-state index contributed by atoms with van der Waals surface area (Å²) >= 11 is 0. The largest absolute Gasteiger partial charge is 0.497 e. The number of methoxy groups -OCH3 is 1. The lowest BCUT2D eigenvalue weighted by Gasteiger charge is -2.37. The van der Waals surface area contributed by atoms with Crippen LogP contribution in [0.3, 0.4) is 0 Å². The minimum absolute atomic E-state index is 0.156. The molecule has 2 N–H and O–H groups in total. The van der Waals surface area contributed by atoms with Crippen LogP contribution in [0.2, 0.25) is 0 Å². The number of hydrogen-bond acceptors (Lipinski definition) is 4. The van der Waals surface area contributed by atoms with Gasteiger partial charge >= 0.3 is 0 Å². The second-order valence-electron chi connectivity index (χ2n) is 7.97. The van der Waals surface area contributed by atoms with Gasteiger partial charge in [-0.3, -0.25) is 4.72 Å². The average molecular weight is 433 g/mol. The van der Waals surface area contributed by atoms with E-state index in [-0.39, 0.29) is 16.9 Å². The molecule has 3 aromatic carbocycles. The highest BCUT2D eigenvalue weighted by Gasteiger charge is 2.38. The molecule has 0 amide bonds. The van der Waals surface area contributed by atoms with E-state index in [0.717, 1.165) is 23.4 Å². The number of para-hydroxylation sites is 1. The molecule has 1 aliphatic heterocycles. The highest BCUT2D eigenvalue weighted by Crippen LogP contribution is 2.50. The normalized spacial score (nSPS) is 21.6. The first kappa shape index (κ1) is 19.7. The van der Waals surface area contributed by atoms with Gasteiger partial charge in [0.05, 0.1) is 18.0 Å². The number of nitrogens with one attached hydrogen (secondary N) is 2. The molecule has 5 rings (SSSR count). The zero-order valence-corrected chi connectivity index (χ0v) is 18.0. The van der Waals surface area contributed by atoms with Gasteiger partial charge in [0.25, 0.3) is 10.0 Å². The molecule has 3 atom stereocenters. The van der Waals surface area contributed by atoms with Crippen LogP contribution in [0.1, 0.15) is 29.5 Å². The Morgan fingerprint density at radius 3 is 2.52 bits per heavy atom. The van der Waals surface area contributed by atoms with Gasteiger partial charge in [0.1, 0.15) is 5.75 Å². The lowest BCUT2D eigenvalue weighted by atomic mass is 9.77. The molecule has 0 radical (unpaired) electrons. The second kappa shape index (κ2) is 7.78. The molecular weight excluding hydrogens is 408 g/mol. The fourth-order valence-corrected chi connectivity index (χ4v) is 5.69. The molecule has 0 aromatic heterocycles. The molecule has 3 aromatic rings. The summed E-state index contributed by atoms with van der Waals surface area (Å²) in [4.78, 5) is 0.277. The van der Waals surface area contributed by atoms with Crippen molar-refractivity contribution in [2.75, 3.05) is 17.1 Å². The van der Waals surface area contributed by atoms with Gasteiger partial charge in [0, 0.05) is 17.3 Å². The summed E-state index contributed by atoms with van der Waals surface area (Å²) in [6.07, 6.45) is 5.36. The second-order valence-corrected chi connectivity index (χ2v) is 9.65. The summed E-state index contributed by atoms with van der Waals surface area (Å²) in [6.45, 7) is 0. The zero-order valence-electron chi connectivity index (χ0n) is 17.2. The number of sulfonamides is 1. The standard InChI is InChI=1S/C25H24N2O3S/c1-30-19-12-10-17(11-13-19)25-22-9-5-8-21(22)23-16-20(14-15-24(23)26-25)31(28,29)27-18-6-3-2-4-7-18/h2-8,10-16,21-22,25-27H,9H2,1H3/t21?,22?,25-/m1/s1. The molecule has 0 bridgehead atoms. The highest BCUT2D eigenvalue weighted by molar-refractivity contribution is 7.92. The lowest BCUT2D eigenvalue weighted by Crippen LogP contribution is -2.29. The summed E-state index contributed by atoms with van der Waals surface area (Å²) in [5.74, 6) is 1.35. The van der Waals surface area contributed by atoms with Crippen molar-refractivity contribution < 1.29 is 13.2 Å². The number of allylic oxidation sites excluding steroid dienone is 2. The lowest BCUT2D eigenvalue weighted by molar-refractivity contribution is 0.411. The summed E-state index contributed by atoms with van der Waals surface area (Å²) in [6, 6.07) is 22.6. The smallest absolute Gasteiger partial charge is 0.261 e. The first-order chi connectivity index (χ1) is 15.0. The van der Waals surface area contributed by atoms with Crippen molar-refractivity contribution in [3.8, 4) is 5.75 Å². The molecule has 0 spiro atoms. The maximum Gasteiger partial charge on any atom is 0.261 e. The van der Waals surface area contributed by atoms with E-state index in [2.05, 4.69) is 34.3 Å². The first-order valence-electron chi connectivity index (χ1n) is 10.3. The summed E-state index contributed by atoms with van der Waals surface area (Å²) in [7, 11) is -2.00.